The predicted octanol–water partition coefficient (Wildman–Crippen LogP) is 1.48. The maximum absolute atomic E-state index is 10.6. The molecule has 0 aliphatic carbocycles. The molecule has 0 aromatic rings. The average Bonchev–Trinajstić information content (AvgIpc) is 2.00. The summed E-state index contributed by atoms with van der Waals surface area (Å²) in [7, 11) is 0. The Kier molecular flexibility index (Phi) is 5.18. The van der Waals surface area contributed by atoms with Gasteiger partial charge in [-0.05, 0) is 27.2 Å². The minimum atomic E-state index is -0.822. The first-order valence-electron chi connectivity index (χ1n) is 4.71. The molecule has 0 spiro atoms. The molecule has 0 aromatic heterocycles. The van der Waals surface area contributed by atoms with E-state index in [9.17, 15) is 4.79 Å². The lowest BCUT2D eigenvalue weighted by molar-refractivity contribution is -0.139. The molecule has 1 N–H and O–H groups in total. The Bertz CT molecular complexity index is 225. The highest BCUT2D eigenvalue weighted by Crippen LogP contribution is 2.13. The molecule has 14 heavy (non-hydrogen) atoms. The molecule has 0 fully saturated rings. The minimum Gasteiger partial charge on any atom is -0.480 e. The number of aliphatic carboxylic acids is 1. The number of hydrogen-bond acceptors (Lipinski definition) is 3. The Balaban J connectivity index is 4.13. The summed E-state index contributed by atoms with van der Waals surface area (Å²) in [5.74, 6) is -0.822. The van der Waals surface area contributed by atoms with Gasteiger partial charge in [0.25, 0.3) is 0 Å². The smallest absolute Gasteiger partial charge is 0.317 e. The van der Waals surface area contributed by atoms with Crippen molar-refractivity contribution in [1.82, 2.24) is 4.90 Å². The highest BCUT2D eigenvalue weighted by Gasteiger charge is 2.22. The Labute approximate surface area is 85.1 Å². The zero-order valence-electron chi connectivity index (χ0n) is 9.08. The summed E-state index contributed by atoms with van der Waals surface area (Å²) in [6.45, 7) is 6.62. The van der Waals surface area contributed by atoms with Crippen molar-refractivity contribution in [2.75, 3.05) is 13.1 Å². The van der Waals surface area contributed by atoms with Crippen molar-refractivity contribution >= 4 is 5.97 Å². The molecular formula is C10H18N2O2. The Morgan fingerprint density at radius 1 is 1.50 bits per heavy atom. The number of unbranched alkanes of at least 4 members (excludes halogenated alkanes) is 1. The van der Waals surface area contributed by atoms with Crippen LogP contribution in [0.25, 0.3) is 0 Å². The summed E-state index contributed by atoms with van der Waals surface area (Å²) >= 11 is 0. The van der Waals surface area contributed by atoms with Gasteiger partial charge in [-0.1, -0.05) is 0 Å². The van der Waals surface area contributed by atoms with Crippen molar-refractivity contribution in [2.45, 2.75) is 39.2 Å². The second-order valence-corrected chi connectivity index (χ2v) is 4.25. The van der Waals surface area contributed by atoms with Crippen LogP contribution in [0.4, 0.5) is 0 Å². The van der Waals surface area contributed by atoms with E-state index in [1.807, 2.05) is 25.7 Å². The van der Waals surface area contributed by atoms with Crippen LogP contribution in [0.2, 0.25) is 0 Å². The third kappa shape index (κ3) is 5.55. The number of hydrogen-bond donors (Lipinski definition) is 1. The molecule has 0 bridgehead atoms. The van der Waals surface area contributed by atoms with Gasteiger partial charge in [-0.2, -0.15) is 5.26 Å². The van der Waals surface area contributed by atoms with E-state index in [-0.39, 0.29) is 12.1 Å². The predicted molar refractivity (Wildman–Crippen MR) is 53.8 cm³/mol. The minimum absolute atomic E-state index is 0.0366. The van der Waals surface area contributed by atoms with E-state index < -0.39 is 5.97 Å². The van der Waals surface area contributed by atoms with E-state index in [0.29, 0.717) is 13.0 Å². The molecule has 0 radical (unpaired) electrons. The zero-order valence-corrected chi connectivity index (χ0v) is 9.08. The lowest BCUT2D eigenvalue weighted by atomic mass is 10.1. The molecule has 80 valence electrons. The van der Waals surface area contributed by atoms with Gasteiger partial charge in [-0.15, -0.1) is 0 Å². The van der Waals surface area contributed by atoms with E-state index in [0.717, 1.165) is 6.42 Å². The Hall–Kier alpha value is -1.08. The summed E-state index contributed by atoms with van der Waals surface area (Å²) < 4.78 is 0. The zero-order chi connectivity index (χ0) is 11.2. The van der Waals surface area contributed by atoms with Gasteiger partial charge in [-0.25, -0.2) is 0 Å². The Morgan fingerprint density at radius 3 is 2.43 bits per heavy atom. The van der Waals surface area contributed by atoms with Crippen molar-refractivity contribution < 1.29 is 9.90 Å². The molecule has 4 nitrogen and oxygen atoms in total. The number of nitriles is 1. The first-order valence-corrected chi connectivity index (χ1v) is 4.71. The molecule has 4 heteroatoms. The van der Waals surface area contributed by atoms with Crippen LogP contribution in [0.5, 0.6) is 0 Å². The van der Waals surface area contributed by atoms with Gasteiger partial charge >= 0.3 is 5.97 Å². The van der Waals surface area contributed by atoms with Crippen molar-refractivity contribution in [2.24, 2.45) is 0 Å². The fraction of sp³-hybridized carbons (Fsp3) is 0.800. The van der Waals surface area contributed by atoms with Gasteiger partial charge in [-0.3, -0.25) is 9.69 Å². The lowest BCUT2D eigenvalue weighted by Gasteiger charge is -2.34. The second-order valence-electron chi connectivity index (χ2n) is 4.25. The highest BCUT2D eigenvalue weighted by atomic mass is 16.4. The van der Waals surface area contributed by atoms with Crippen molar-refractivity contribution in [3.05, 3.63) is 0 Å². The second kappa shape index (κ2) is 5.61. The largest absolute Gasteiger partial charge is 0.480 e. The van der Waals surface area contributed by atoms with Gasteiger partial charge in [0.05, 0.1) is 12.6 Å². The van der Waals surface area contributed by atoms with Crippen LogP contribution in [0, 0.1) is 11.3 Å². The van der Waals surface area contributed by atoms with Crippen LogP contribution >= 0.6 is 0 Å². The monoisotopic (exact) mass is 198 g/mol. The third-order valence-electron chi connectivity index (χ3n) is 1.99. The highest BCUT2D eigenvalue weighted by molar-refractivity contribution is 5.69. The fourth-order valence-corrected chi connectivity index (χ4v) is 1.16. The standard InChI is InChI=1S/C10H18N2O2/c1-10(2,3)12(8-9(13)14)7-5-4-6-11/h4-5,7-8H2,1-3H3,(H,13,14). The van der Waals surface area contributed by atoms with Gasteiger partial charge in [0, 0.05) is 18.5 Å². The number of carboxylic acid groups (broad SMARTS) is 1. The molecule has 0 amide bonds. The average molecular weight is 198 g/mol. The van der Waals surface area contributed by atoms with E-state index in [4.69, 9.17) is 10.4 Å². The Morgan fingerprint density at radius 2 is 2.07 bits per heavy atom. The van der Waals surface area contributed by atoms with E-state index in [2.05, 4.69) is 6.07 Å². The molecule has 0 aliphatic rings. The summed E-state index contributed by atoms with van der Waals surface area (Å²) in [5, 5.41) is 17.1. The number of nitrogens with zero attached hydrogens (tertiary/aromatic N) is 2. The van der Waals surface area contributed by atoms with Crippen LogP contribution in [-0.2, 0) is 4.79 Å². The summed E-state index contributed by atoms with van der Waals surface area (Å²) in [6.07, 6.45) is 1.20. The SMILES string of the molecule is CC(C)(C)N(CCCC#N)CC(=O)O. The van der Waals surface area contributed by atoms with Crippen LogP contribution in [-0.4, -0.2) is 34.6 Å². The molecular weight excluding hydrogens is 180 g/mol. The quantitative estimate of drug-likeness (QED) is 0.679. The van der Waals surface area contributed by atoms with E-state index in [1.165, 1.54) is 0 Å². The van der Waals surface area contributed by atoms with Crippen LogP contribution in [0.15, 0.2) is 0 Å². The lowest BCUT2D eigenvalue weighted by Crippen LogP contribution is -2.44. The van der Waals surface area contributed by atoms with Crippen LogP contribution in [0.3, 0.4) is 0 Å². The van der Waals surface area contributed by atoms with Crippen molar-refractivity contribution in [1.29, 1.82) is 5.26 Å². The molecule has 0 heterocycles. The molecule has 0 atom stereocenters. The number of rotatable bonds is 5. The van der Waals surface area contributed by atoms with Crippen molar-refractivity contribution in [3.8, 4) is 6.07 Å². The maximum Gasteiger partial charge on any atom is 0.317 e. The first-order chi connectivity index (χ1) is 6.38. The van der Waals surface area contributed by atoms with E-state index >= 15 is 0 Å². The topological polar surface area (TPSA) is 64.3 Å². The van der Waals surface area contributed by atoms with E-state index in [1.54, 1.807) is 0 Å². The number of carboxylic acids is 1. The molecule has 0 aromatic carbocycles. The molecule has 0 unspecified atom stereocenters. The summed E-state index contributed by atoms with van der Waals surface area (Å²) in [5.41, 5.74) is -0.159. The van der Waals surface area contributed by atoms with Crippen LogP contribution < -0.4 is 0 Å². The molecule has 0 rings (SSSR count). The first kappa shape index (κ1) is 12.9. The molecule has 0 saturated heterocycles. The fourth-order valence-electron chi connectivity index (χ4n) is 1.16. The molecule has 0 aliphatic heterocycles. The van der Waals surface area contributed by atoms with Crippen molar-refractivity contribution in [3.63, 3.8) is 0 Å². The normalized spacial score (nSPS) is 11.4. The van der Waals surface area contributed by atoms with Crippen LogP contribution in [0.1, 0.15) is 33.6 Å². The third-order valence-corrected chi connectivity index (χ3v) is 1.99. The van der Waals surface area contributed by atoms with Gasteiger partial charge in [0.2, 0.25) is 0 Å². The summed E-state index contributed by atoms with van der Waals surface area (Å²) in [6, 6.07) is 2.05. The van der Waals surface area contributed by atoms with Gasteiger partial charge in [0.15, 0.2) is 0 Å². The number of carbonyl (C=O) groups is 1. The molecule has 0 saturated carbocycles. The summed E-state index contributed by atoms with van der Waals surface area (Å²) in [4.78, 5) is 12.5. The van der Waals surface area contributed by atoms with Gasteiger partial charge < -0.3 is 5.11 Å². The maximum atomic E-state index is 10.6. The van der Waals surface area contributed by atoms with Gasteiger partial charge in [0.1, 0.15) is 0 Å².